The van der Waals surface area contributed by atoms with Gasteiger partial charge in [0.15, 0.2) is 0 Å². The molecule has 6 heteroatoms. The molecule has 1 heterocycles. The van der Waals surface area contributed by atoms with Gasteiger partial charge in [-0.25, -0.2) is 4.79 Å². The Balaban J connectivity index is 1.87. The van der Waals surface area contributed by atoms with E-state index in [1.807, 2.05) is 63.2 Å². The molecular weight excluding hydrogens is 354 g/mol. The molecule has 0 aliphatic carbocycles. The van der Waals surface area contributed by atoms with Crippen LogP contribution in [0.2, 0.25) is 0 Å². The lowest BCUT2D eigenvalue weighted by Gasteiger charge is -2.36. The number of benzene rings is 2. The first-order valence-corrected chi connectivity index (χ1v) is 9.48. The van der Waals surface area contributed by atoms with E-state index in [2.05, 4.69) is 10.6 Å². The molecule has 148 valence electrons. The first-order valence-electron chi connectivity index (χ1n) is 9.48. The molecule has 3 rings (SSSR count). The van der Waals surface area contributed by atoms with Crippen molar-refractivity contribution in [1.29, 1.82) is 0 Å². The lowest BCUT2D eigenvalue weighted by molar-refractivity contribution is -0.119. The first-order chi connectivity index (χ1) is 13.3. The highest BCUT2D eigenvalue weighted by atomic mass is 16.3. The summed E-state index contributed by atoms with van der Waals surface area (Å²) in [4.78, 5) is 26.5. The van der Waals surface area contributed by atoms with Crippen molar-refractivity contribution in [2.45, 2.75) is 45.2 Å². The van der Waals surface area contributed by atoms with Crippen molar-refractivity contribution < 1.29 is 14.7 Å². The smallest absolute Gasteiger partial charge is 0.319 e. The molecule has 2 aromatic carbocycles. The highest BCUT2D eigenvalue weighted by Gasteiger charge is 2.31. The second-order valence-corrected chi connectivity index (χ2v) is 8.05. The largest absolute Gasteiger partial charge is 0.394 e. The highest BCUT2D eigenvalue weighted by molar-refractivity contribution is 5.98. The molecule has 0 spiro atoms. The van der Waals surface area contributed by atoms with Crippen molar-refractivity contribution in [2.75, 3.05) is 16.8 Å². The molecule has 28 heavy (non-hydrogen) atoms. The van der Waals surface area contributed by atoms with E-state index in [-0.39, 0.29) is 24.1 Å². The maximum absolute atomic E-state index is 12.7. The Bertz CT molecular complexity index is 859. The second kappa shape index (κ2) is 8.02. The fourth-order valence-corrected chi connectivity index (χ4v) is 3.45. The van der Waals surface area contributed by atoms with Crippen molar-refractivity contribution in [3.63, 3.8) is 0 Å². The maximum Gasteiger partial charge on any atom is 0.319 e. The van der Waals surface area contributed by atoms with Gasteiger partial charge in [-0.15, -0.1) is 0 Å². The molecule has 6 nitrogen and oxygen atoms in total. The lowest BCUT2D eigenvalue weighted by Crippen LogP contribution is -2.43. The summed E-state index contributed by atoms with van der Waals surface area (Å²) in [6.07, 6.45) is 0.974. The summed E-state index contributed by atoms with van der Waals surface area (Å²) in [5.41, 5.74) is 2.99. The van der Waals surface area contributed by atoms with Gasteiger partial charge in [0.25, 0.3) is 0 Å². The van der Waals surface area contributed by atoms with E-state index in [0.29, 0.717) is 18.5 Å². The van der Waals surface area contributed by atoms with Gasteiger partial charge in [0.1, 0.15) is 0 Å². The fourth-order valence-electron chi connectivity index (χ4n) is 3.45. The number of rotatable bonds is 4. The molecule has 3 amide bonds. The summed E-state index contributed by atoms with van der Waals surface area (Å²) in [6, 6.07) is 14.3. The van der Waals surface area contributed by atoms with E-state index in [1.54, 1.807) is 11.0 Å². The van der Waals surface area contributed by atoms with Crippen LogP contribution < -0.4 is 15.5 Å². The van der Waals surface area contributed by atoms with Gasteiger partial charge < -0.3 is 20.6 Å². The third-order valence-corrected chi connectivity index (χ3v) is 4.63. The van der Waals surface area contributed by atoms with Crippen LogP contribution in [0, 0.1) is 0 Å². The minimum atomic E-state index is -0.434. The molecule has 1 aliphatic heterocycles. The van der Waals surface area contributed by atoms with Crippen LogP contribution in [-0.2, 0) is 11.2 Å². The summed E-state index contributed by atoms with van der Waals surface area (Å²) < 4.78 is 0. The quantitative estimate of drug-likeness (QED) is 0.757. The Morgan fingerprint density at radius 2 is 1.86 bits per heavy atom. The number of fused-ring (bicyclic) bond motifs is 1. The van der Waals surface area contributed by atoms with Gasteiger partial charge >= 0.3 is 6.03 Å². The summed E-state index contributed by atoms with van der Waals surface area (Å²) in [6.45, 7) is 5.59. The molecule has 0 saturated carbocycles. The Labute approximate surface area is 165 Å². The number of carbonyl (C=O) groups excluding carboxylic acids is 2. The number of urea groups is 1. The Hall–Kier alpha value is -2.86. The van der Waals surface area contributed by atoms with E-state index in [9.17, 15) is 14.7 Å². The maximum atomic E-state index is 12.7. The summed E-state index contributed by atoms with van der Waals surface area (Å²) >= 11 is 0. The van der Waals surface area contributed by atoms with Crippen molar-refractivity contribution >= 4 is 23.3 Å². The Morgan fingerprint density at radius 1 is 1.14 bits per heavy atom. The summed E-state index contributed by atoms with van der Waals surface area (Å²) in [7, 11) is 0. The number of anilines is 2. The number of carbonyl (C=O) groups is 2. The van der Waals surface area contributed by atoms with E-state index in [4.69, 9.17) is 0 Å². The predicted octanol–water partition coefficient (Wildman–Crippen LogP) is 3.62. The molecule has 1 unspecified atom stereocenters. The van der Waals surface area contributed by atoms with Gasteiger partial charge in [0.05, 0.1) is 12.6 Å². The van der Waals surface area contributed by atoms with Gasteiger partial charge in [-0.2, -0.15) is 0 Å². The number of aliphatic hydroxyl groups is 1. The van der Waals surface area contributed by atoms with E-state index >= 15 is 0 Å². The molecule has 1 atom stereocenters. The van der Waals surface area contributed by atoms with Crippen molar-refractivity contribution in [1.82, 2.24) is 5.32 Å². The number of amides is 3. The second-order valence-electron chi connectivity index (χ2n) is 8.05. The van der Waals surface area contributed by atoms with Gasteiger partial charge in [-0.05, 0) is 56.5 Å². The average Bonchev–Trinajstić information content (AvgIpc) is 2.63. The van der Waals surface area contributed by atoms with E-state index in [1.165, 1.54) is 0 Å². The number of aliphatic hydroxyl groups excluding tert-OH is 1. The summed E-state index contributed by atoms with van der Waals surface area (Å²) in [5.74, 6) is -0.0124. The van der Waals surface area contributed by atoms with Crippen LogP contribution >= 0.6 is 0 Å². The van der Waals surface area contributed by atoms with Crippen LogP contribution in [0.4, 0.5) is 16.2 Å². The minimum Gasteiger partial charge on any atom is -0.394 e. The molecule has 0 saturated heterocycles. The number of aryl methyl sites for hydroxylation is 1. The molecule has 0 aromatic heterocycles. The van der Waals surface area contributed by atoms with Crippen LogP contribution in [0.3, 0.4) is 0 Å². The minimum absolute atomic E-state index is 0.0124. The van der Waals surface area contributed by atoms with Gasteiger partial charge in [-0.1, -0.05) is 30.3 Å². The number of nitrogens with one attached hydrogen (secondary N) is 2. The third-order valence-electron chi connectivity index (χ3n) is 4.63. The number of nitrogens with zero attached hydrogens (tertiary/aromatic N) is 1. The number of hydrogen-bond acceptors (Lipinski definition) is 3. The monoisotopic (exact) mass is 381 g/mol. The molecular formula is C22H27N3O3. The van der Waals surface area contributed by atoms with Crippen LogP contribution in [0.15, 0.2) is 48.5 Å². The molecule has 1 aliphatic rings. The van der Waals surface area contributed by atoms with Crippen LogP contribution in [0.5, 0.6) is 0 Å². The van der Waals surface area contributed by atoms with Crippen molar-refractivity contribution in [2.24, 2.45) is 0 Å². The zero-order valence-electron chi connectivity index (χ0n) is 16.5. The molecule has 3 N–H and O–H groups in total. The SMILES string of the molecule is CC(C)(C)NC(=O)Nc1ccc2c(c1)CCC(=O)N2C(CO)c1ccccc1. The number of hydrogen-bond donors (Lipinski definition) is 3. The van der Waals surface area contributed by atoms with Crippen molar-refractivity contribution in [3.05, 3.63) is 59.7 Å². The molecule has 2 aromatic rings. The molecule has 0 fully saturated rings. The fraction of sp³-hybridized carbons (Fsp3) is 0.364. The van der Waals surface area contributed by atoms with Gasteiger partial charge in [-0.3, -0.25) is 4.79 Å². The lowest BCUT2D eigenvalue weighted by atomic mass is 9.96. The normalized spacial score (nSPS) is 15.0. The topological polar surface area (TPSA) is 81.7 Å². The summed E-state index contributed by atoms with van der Waals surface area (Å²) in [5, 5.41) is 15.7. The van der Waals surface area contributed by atoms with Gasteiger partial charge in [0.2, 0.25) is 5.91 Å². The molecule has 0 radical (unpaired) electrons. The Kier molecular flexibility index (Phi) is 5.70. The van der Waals surface area contributed by atoms with E-state index < -0.39 is 6.04 Å². The van der Waals surface area contributed by atoms with Crippen molar-refractivity contribution in [3.8, 4) is 0 Å². The highest BCUT2D eigenvalue weighted by Crippen LogP contribution is 2.36. The zero-order valence-corrected chi connectivity index (χ0v) is 16.5. The standard InChI is InChI=1S/C22H27N3O3/c1-22(2,3)24-21(28)23-17-10-11-18-16(13-17)9-12-20(27)25(18)19(14-26)15-7-5-4-6-8-15/h4-8,10-11,13,19,26H,9,12,14H2,1-3H3,(H2,23,24,28). The molecule has 0 bridgehead atoms. The van der Waals surface area contributed by atoms with Crippen LogP contribution in [0.25, 0.3) is 0 Å². The Morgan fingerprint density at radius 3 is 2.50 bits per heavy atom. The predicted molar refractivity (Wildman–Crippen MR) is 110 cm³/mol. The van der Waals surface area contributed by atoms with E-state index in [0.717, 1.165) is 16.8 Å². The zero-order chi connectivity index (χ0) is 20.3. The van der Waals surface area contributed by atoms with Crippen LogP contribution in [-0.4, -0.2) is 29.2 Å². The average molecular weight is 381 g/mol. The first kappa shape index (κ1) is 19.9. The van der Waals surface area contributed by atoms with Crippen LogP contribution in [0.1, 0.15) is 44.4 Å². The van der Waals surface area contributed by atoms with Gasteiger partial charge in [0, 0.05) is 23.3 Å². The third kappa shape index (κ3) is 4.51.